The van der Waals surface area contributed by atoms with E-state index in [1.807, 2.05) is 0 Å². The number of hydrogen-bond donors (Lipinski definition) is 2. The van der Waals surface area contributed by atoms with Crippen molar-refractivity contribution in [3.05, 3.63) is 18.2 Å². The van der Waals surface area contributed by atoms with Crippen LogP contribution in [0.3, 0.4) is 0 Å². The number of carbonyl (C=O) groups excluding carboxylic acids is 2. The fourth-order valence-electron chi connectivity index (χ4n) is 2.16. The third-order valence-corrected chi connectivity index (χ3v) is 3.10. The van der Waals surface area contributed by atoms with E-state index in [2.05, 4.69) is 10.6 Å². The Balaban J connectivity index is 1.71. The molecule has 1 aromatic carbocycles. The number of anilines is 2. The zero-order valence-corrected chi connectivity index (χ0v) is 10.3. The van der Waals surface area contributed by atoms with Gasteiger partial charge in [-0.3, -0.25) is 9.59 Å². The van der Waals surface area contributed by atoms with Gasteiger partial charge >= 0.3 is 0 Å². The first kappa shape index (κ1) is 12.0. The van der Waals surface area contributed by atoms with Gasteiger partial charge in [-0.2, -0.15) is 0 Å². The van der Waals surface area contributed by atoms with E-state index in [0.29, 0.717) is 23.7 Å². The van der Waals surface area contributed by atoms with Crippen molar-refractivity contribution >= 4 is 23.2 Å². The predicted molar refractivity (Wildman–Crippen MR) is 68.2 cm³/mol. The molecule has 2 heterocycles. The maximum atomic E-state index is 11.9. The first-order valence-corrected chi connectivity index (χ1v) is 6.21. The molecule has 0 radical (unpaired) electrons. The largest absolute Gasteiger partial charge is 0.482 e. The molecule has 0 aromatic heterocycles. The number of carbonyl (C=O) groups is 2. The predicted octanol–water partition coefficient (Wildman–Crippen LogP) is 1.13. The highest BCUT2D eigenvalue weighted by Gasteiger charge is 2.24. The molecule has 1 saturated heterocycles. The first-order chi connectivity index (χ1) is 9.22. The van der Waals surface area contributed by atoms with E-state index in [1.54, 1.807) is 18.2 Å². The van der Waals surface area contributed by atoms with Crippen LogP contribution < -0.4 is 15.4 Å². The van der Waals surface area contributed by atoms with Crippen LogP contribution in [-0.2, 0) is 14.3 Å². The third-order valence-electron chi connectivity index (χ3n) is 3.10. The molecule has 1 fully saturated rings. The third kappa shape index (κ3) is 2.53. The second-order valence-electron chi connectivity index (χ2n) is 4.54. The second-order valence-corrected chi connectivity index (χ2v) is 4.54. The average Bonchev–Trinajstić information content (AvgIpc) is 2.93. The van der Waals surface area contributed by atoms with Crippen LogP contribution in [0.25, 0.3) is 0 Å². The Hall–Kier alpha value is -2.08. The Morgan fingerprint density at radius 1 is 1.42 bits per heavy atom. The van der Waals surface area contributed by atoms with Crippen molar-refractivity contribution in [2.24, 2.45) is 0 Å². The number of hydrogen-bond acceptors (Lipinski definition) is 4. The quantitative estimate of drug-likeness (QED) is 0.837. The number of rotatable bonds is 2. The molecule has 1 unspecified atom stereocenters. The van der Waals surface area contributed by atoms with Crippen molar-refractivity contribution in [3.8, 4) is 5.75 Å². The fourth-order valence-corrected chi connectivity index (χ4v) is 2.16. The van der Waals surface area contributed by atoms with E-state index >= 15 is 0 Å². The summed E-state index contributed by atoms with van der Waals surface area (Å²) in [7, 11) is 0. The number of fused-ring (bicyclic) bond motifs is 1. The summed E-state index contributed by atoms with van der Waals surface area (Å²) >= 11 is 0. The normalized spacial score (nSPS) is 21.3. The first-order valence-electron chi connectivity index (χ1n) is 6.21. The van der Waals surface area contributed by atoms with Gasteiger partial charge in [0.2, 0.25) is 0 Å². The number of amides is 2. The van der Waals surface area contributed by atoms with E-state index in [-0.39, 0.29) is 24.5 Å². The minimum Gasteiger partial charge on any atom is -0.482 e. The lowest BCUT2D eigenvalue weighted by Gasteiger charge is -2.19. The highest BCUT2D eigenvalue weighted by Crippen LogP contribution is 2.30. The molecular weight excluding hydrogens is 248 g/mol. The summed E-state index contributed by atoms with van der Waals surface area (Å²) in [6.07, 6.45) is 1.30. The summed E-state index contributed by atoms with van der Waals surface area (Å²) in [6.45, 7) is 0.632. The summed E-state index contributed by atoms with van der Waals surface area (Å²) in [6, 6.07) is 5.12. The summed E-state index contributed by atoms with van der Waals surface area (Å²) in [4.78, 5) is 23.0. The molecule has 2 aliphatic rings. The summed E-state index contributed by atoms with van der Waals surface area (Å²) in [5.74, 6) is 0.241. The van der Waals surface area contributed by atoms with E-state index < -0.39 is 0 Å². The zero-order chi connectivity index (χ0) is 13.2. The molecule has 6 nitrogen and oxygen atoms in total. The monoisotopic (exact) mass is 262 g/mol. The van der Waals surface area contributed by atoms with Crippen LogP contribution in [0.1, 0.15) is 12.8 Å². The Morgan fingerprint density at radius 3 is 3.11 bits per heavy atom. The van der Waals surface area contributed by atoms with Crippen LogP contribution in [0.4, 0.5) is 11.4 Å². The maximum Gasteiger partial charge on any atom is 0.262 e. The Labute approximate surface area is 110 Å². The molecule has 0 spiro atoms. The Bertz CT molecular complexity index is 523. The van der Waals surface area contributed by atoms with Gasteiger partial charge in [0.05, 0.1) is 5.69 Å². The Morgan fingerprint density at radius 2 is 2.32 bits per heavy atom. The molecule has 1 atom stereocenters. The van der Waals surface area contributed by atoms with Gasteiger partial charge in [-0.15, -0.1) is 0 Å². The molecule has 0 saturated carbocycles. The minimum atomic E-state index is -0.364. The number of ether oxygens (including phenoxy) is 2. The lowest BCUT2D eigenvalue weighted by Crippen LogP contribution is -2.27. The summed E-state index contributed by atoms with van der Waals surface area (Å²) in [5, 5.41) is 5.48. The van der Waals surface area contributed by atoms with Crippen molar-refractivity contribution in [1.29, 1.82) is 0 Å². The molecule has 3 rings (SSSR count). The van der Waals surface area contributed by atoms with Crippen LogP contribution >= 0.6 is 0 Å². The summed E-state index contributed by atoms with van der Waals surface area (Å²) < 4.78 is 10.6. The van der Waals surface area contributed by atoms with Crippen LogP contribution in [0.2, 0.25) is 0 Å². The highest BCUT2D eigenvalue weighted by atomic mass is 16.5. The SMILES string of the molecule is O=C1COc2cc(NC(=O)C3CCCO3)ccc2N1. The smallest absolute Gasteiger partial charge is 0.262 e. The van der Waals surface area contributed by atoms with Gasteiger partial charge in [-0.25, -0.2) is 0 Å². The van der Waals surface area contributed by atoms with Gasteiger partial charge in [0, 0.05) is 18.4 Å². The van der Waals surface area contributed by atoms with Gasteiger partial charge < -0.3 is 20.1 Å². The molecule has 2 aliphatic heterocycles. The molecule has 19 heavy (non-hydrogen) atoms. The maximum absolute atomic E-state index is 11.9. The van der Waals surface area contributed by atoms with Crippen LogP contribution in [0.15, 0.2) is 18.2 Å². The average molecular weight is 262 g/mol. The standard InChI is InChI=1S/C13H14N2O4/c16-12-7-19-11-6-8(3-4-9(11)15-12)14-13(17)10-2-1-5-18-10/h3-4,6,10H,1-2,5,7H2,(H,14,17)(H,15,16). The van der Waals surface area contributed by atoms with Gasteiger partial charge in [-0.05, 0) is 25.0 Å². The van der Waals surface area contributed by atoms with E-state index in [9.17, 15) is 9.59 Å². The van der Waals surface area contributed by atoms with E-state index in [1.165, 1.54) is 0 Å². The van der Waals surface area contributed by atoms with Crippen LogP contribution in [-0.4, -0.2) is 31.1 Å². The lowest BCUT2D eigenvalue weighted by atomic mass is 10.2. The van der Waals surface area contributed by atoms with Crippen LogP contribution in [0.5, 0.6) is 5.75 Å². The van der Waals surface area contributed by atoms with Crippen molar-refractivity contribution in [1.82, 2.24) is 0 Å². The topological polar surface area (TPSA) is 76.7 Å². The number of benzene rings is 1. The molecule has 0 bridgehead atoms. The van der Waals surface area contributed by atoms with Crippen molar-refractivity contribution in [2.45, 2.75) is 18.9 Å². The number of nitrogens with one attached hydrogen (secondary N) is 2. The molecular formula is C13H14N2O4. The summed E-state index contributed by atoms with van der Waals surface area (Å²) in [5.41, 5.74) is 1.25. The Kier molecular flexibility index (Phi) is 3.08. The van der Waals surface area contributed by atoms with Gasteiger partial charge in [0.15, 0.2) is 6.61 Å². The molecule has 1 aromatic rings. The molecule has 2 amide bonds. The van der Waals surface area contributed by atoms with Crippen molar-refractivity contribution in [3.63, 3.8) is 0 Å². The van der Waals surface area contributed by atoms with Crippen molar-refractivity contribution in [2.75, 3.05) is 23.8 Å². The molecule has 100 valence electrons. The van der Waals surface area contributed by atoms with Gasteiger partial charge in [0.25, 0.3) is 11.8 Å². The fraction of sp³-hybridized carbons (Fsp3) is 0.385. The van der Waals surface area contributed by atoms with Crippen molar-refractivity contribution < 1.29 is 19.1 Å². The van der Waals surface area contributed by atoms with E-state index in [0.717, 1.165) is 12.8 Å². The molecule has 2 N–H and O–H groups in total. The van der Waals surface area contributed by atoms with Crippen LogP contribution in [0, 0.1) is 0 Å². The van der Waals surface area contributed by atoms with Gasteiger partial charge in [-0.1, -0.05) is 0 Å². The molecule has 0 aliphatic carbocycles. The zero-order valence-electron chi connectivity index (χ0n) is 10.3. The lowest BCUT2D eigenvalue weighted by molar-refractivity contribution is -0.124. The minimum absolute atomic E-state index is 0.00383. The second kappa shape index (κ2) is 4.89. The molecule has 6 heteroatoms. The van der Waals surface area contributed by atoms with Gasteiger partial charge in [0.1, 0.15) is 11.9 Å². The van der Waals surface area contributed by atoms with E-state index in [4.69, 9.17) is 9.47 Å². The highest BCUT2D eigenvalue weighted by molar-refractivity contribution is 5.97.